The quantitative estimate of drug-likeness (QED) is 0.939. The monoisotopic (exact) mass is 299 g/mol. The number of benzene rings is 1. The van der Waals surface area contributed by atoms with Gasteiger partial charge in [-0.25, -0.2) is 0 Å². The molecular formula is C18H21NO3. The Bertz CT molecular complexity index is 628. The van der Waals surface area contributed by atoms with Crippen molar-refractivity contribution < 1.29 is 14.3 Å². The van der Waals surface area contributed by atoms with Gasteiger partial charge in [0.2, 0.25) is 0 Å². The van der Waals surface area contributed by atoms with Crippen LogP contribution in [-0.4, -0.2) is 29.1 Å². The third kappa shape index (κ3) is 2.92. The molecule has 116 valence electrons. The van der Waals surface area contributed by atoms with E-state index in [0.717, 1.165) is 18.8 Å². The first-order valence-electron chi connectivity index (χ1n) is 7.72. The van der Waals surface area contributed by atoms with E-state index in [9.17, 15) is 9.90 Å². The second kappa shape index (κ2) is 6.36. The molecule has 3 rings (SSSR count). The normalized spacial score (nSPS) is 18.2. The van der Waals surface area contributed by atoms with Crippen molar-refractivity contribution in [2.75, 3.05) is 13.1 Å². The van der Waals surface area contributed by atoms with Crippen LogP contribution in [0.4, 0.5) is 0 Å². The summed E-state index contributed by atoms with van der Waals surface area (Å²) in [6, 6.07) is 12.3. The topological polar surface area (TPSA) is 53.7 Å². The summed E-state index contributed by atoms with van der Waals surface area (Å²) in [5.41, 5.74) is 2.45. The molecule has 1 N–H and O–H groups in total. The molecule has 0 bridgehead atoms. The molecule has 0 spiro atoms. The van der Waals surface area contributed by atoms with Crippen molar-refractivity contribution in [3.8, 4) is 0 Å². The number of carbonyl (C=O) groups is 1. The van der Waals surface area contributed by atoms with E-state index >= 15 is 0 Å². The smallest absolute Gasteiger partial charge is 0.306 e. The highest BCUT2D eigenvalue weighted by molar-refractivity contribution is 5.70. The minimum atomic E-state index is -0.676. The van der Waals surface area contributed by atoms with Gasteiger partial charge in [0.05, 0.1) is 18.2 Å². The fraction of sp³-hybridized carbons (Fsp3) is 0.389. The fourth-order valence-corrected chi connectivity index (χ4v) is 3.27. The van der Waals surface area contributed by atoms with Gasteiger partial charge in [0.15, 0.2) is 0 Å². The standard InChI is InChI=1S/C18H21NO3/c1-13-5-2-3-6-15(13)17(16-7-4-12-22-16)19-10-8-14(9-11-19)18(20)21/h2-7,12,14,17H,8-11H2,1H3,(H,20,21). The number of hydrogen-bond donors (Lipinski definition) is 1. The van der Waals surface area contributed by atoms with Gasteiger partial charge in [-0.1, -0.05) is 24.3 Å². The lowest BCUT2D eigenvalue weighted by Crippen LogP contribution is -2.39. The van der Waals surface area contributed by atoms with Crippen LogP contribution in [0.2, 0.25) is 0 Å². The molecule has 1 aromatic heterocycles. The van der Waals surface area contributed by atoms with Gasteiger partial charge in [-0.05, 0) is 56.1 Å². The van der Waals surface area contributed by atoms with Crippen molar-refractivity contribution in [3.63, 3.8) is 0 Å². The van der Waals surface area contributed by atoms with Crippen molar-refractivity contribution in [2.24, 2.45) is 5.92 Å². The molecule has 0 amide bonds. The van der Waals surface area contributed by atoms with E-state index < -0.39 is 5.97 Å². The number of hydrogen-bond acceptors (Lipinski definition) is 3. The van der Waals surface area contributed by atoms with Gasteiger partial charge in [0.25, 0.3) is 0 Å². The van der Waals surface area contributed by atoms with Crippen LogP contribution < -0.4 is 0 Å². The summed E-state index contributed by atoms with van der Waals surface area (Å²) in [6.07, 6.45) is 3.08. The van der Waals surface area contributed by atoms with Crippen LogP contribution in [0.3, 0.4) is 0 Å². The molecule has 1 unspecified atom stereocenters. The van der Waals surface area contributed by atoms with E-state index in [4.69, 9.17) is 4.42 Å². The number of piperidine rings is 1. The van der Waals surface area contributed by atoms with Crippen molar-refractivity contribution in [2.45, 2.75) is 25.8 Å². The molecule has 4 heteroatoms. The second-order valence-corrected chi connectivity index (χ2v) is 5.92. The Balaban J connectivity index is 1.88. The zero-order valence-electron chi connectivity index (χ0n) is 12.7. The predicted molar refractivity (Wildman–Crippen MR) is 83.7 cm³/mol. The van der Waals surface area contributed by atoms with E-state index in [2.05, 4.69) is 24.0 Å². The molecule has 1 aliphatic rings. The van der Waals surface area contributed by atoms with Crippen LogP contribution in [0.1, 0.15) is 35.8 Å². The van der Waals surface area contributed by atoms with E-state index in [1.165, 1.54) is 11.1 Å². The number of rotatable bonds is 4. The van der Waals surface area contributed by atoms with Gasteiger partial charge in [-0.3, -0.25) is 9.69 Å². The number of furan rings is 1. The highest BCUT2D eigenvalue weighted by Gasteiger charge is 2.31. The van der Waals surface area contributed by atoms with Crippen LogP contribution in [0.5, 0.6) is 0 Å². The lowest BCUT2D eigenvalue weighted by Gasteiger charge is -2.36. The van der Waals surface area contributed by atoms with Crippen LogP contribution in [0.15, 0.2) is 47.1 Å². The van der Waals surface area contributed by atoms with E-state index in [1.54, 1.807) is 6.26 Å². The Morgan fingerprint density at radius 3 is 2.55 bits per heavy atom. The maximum absolute atomic E-state index is 11.1. The lowest BCUT2D eigenvalue weighted by atomic mass is 9.92. The third-order valence-corrected chi connectivity index (χ3v) is 4.54. The van der Waals surface area contributed by atoms with Crippen LogP contribution >= 0.6 is 0 Å². The van der Waals surface area contributed by atoms with Crippen molar-refractivity contribution in [1.82, 2.24) is 4.90 Å². The molecule has 1 atom stereocenters. The Kier molecular flexibility index (Phi) is 4.29. The SMILES string of the molecule is Cc1ccccc1C(c1ccco1)N1CCC(C(=O)O)CC1. The van der Waals surface area contributed by atoms with Crippen LogP contribution in [0.25, 0.3) is 0 Å². The van der Waals surface area contributed by atoms with Gasteiger partial charge in [-0.2, -0.15) is 0 Å². The molecule has 1 aliphatic heterocycles. The maximum atomic E-state index is 11.1. The average molecular weight is 299 g/mol. The number of carboxylic acids is 1. The highest BCUT2D eigenvalue weighted by atomic mass is 16.4. The van der Waals surface area contributed by atoms with E-state index in [0.29, 0.717) is 12.8 Å². The van der Waals surface area contributed by atoms with Gasteiger partial charge in [0.1, 0.15) is 5.76 Å². The molecule has 22 heavy (non-hydrogen) atoms. The number of aliphatic carboxylic acids is 1. The fourth-order valence-electron chi connectivity index (χ4n) is 3.27. The Morgan fingerprint density at radius 1 is 1.23 bits per heavy atom. The molecule has 0 aliphatic carbocycles. The second-order valence-electron chi connectivity index (χ2n) is 5.92. The maximum Gasteiger partial charge on any atom is 0.306 e. The molecule has 2 aromatic rings. The average Bonchev–Trinajstić information content (AvgIpc) is 3.04. The first-order chi connectivity index (χ1) is 10.7. The number of likely N-dealkylation sites (tertiary alicyclic amines) is 1. The minimum absolute atomic E-state index is 0.0611. The number of nitrogens with zero attached hydrogens (tertiary/aromatic N) is 1. The lowest BCUT2D eigenvalue weighted by molar-refractivity contribution is -0.143. The molecule has 2 heterocycles. The summed E-state index contributed by atoms with van der Waals surface area (Å²) in [7, 11) is 0. The summed E-state index contributed by atoms with van der Waals surface area (Å²) in [5, 5.41) is 9.17. The first kappa shape index (κ1) is 14.9. The van der Waals surface area contributed by atoms with E-state index in [1.807, 2.05) is 24.3 Å². The zero-order chi connectivity index (χ0) is 15.5. The van der Waals surface area contributed by atoms with Gasteiger partial charge >= 0.3 is 5.97 Å². The Morgan fingerprint density at radius 2 is 1.95 bits per heavy atom. The van der Waals surface area contributed by atoms with Gasteiger partial charge in [-0.15, -0.1) is 0 Å². The van der Waals surface area contributed by atoms with Crippen molar-refractivity contribution in [3.05, 3.63) is 59.5 Å². The number of aryl methyl sites for hydroxylation is 1. The Hall–Kier alpha value is -2.07. The molecule has 1 saturated heterocycles. The summed E-state index contributed by atoms with van der Waals surface area (Å²) < 4.78 is 5.67. The Labute approximate surface area is 130 Å². The molecule has 0 saturated carbocycles. The summed E-state index contributed by atoms with van der Waals surface area (Å²) in [4.78, 5) is 13.5. The van der Waals surface area contributed by atoms with Crippen molar-refractivity contribution in [1.29, 1.82) is 0 Å². The summed E-state index contributed by atoms with van der Waals surface area (Å²) in [6.45, 7) is 3.66. The van der Waals surface area contributed by atoms with Crippen LogP contribution in [-0.2, 0) is 4.79 Å². The molecule has 4 nitrogen and oxygen atoms in total. The molecule has 1 fully saturated rings. The van der Waals surface area contributed by atoms with Crippen LogP contribution in [0, 0.1) is 12.8 Å². The highest BCUT2D eigenvalue weighted by Crippen LogP contribution is 2.34. The predicted octanol–water partition coefficient (Wildman–Crippen LogP) is 3.47. The van der Waals surface area contributed by atoms with Gasteiger partial charge in [0, 0.05) is 0 Å². The summed E-state index contributed by atoms with van der Waals surface area (Å²) >= 11 is 0. The molecule has 0 radical (unpaired) electrons. The van der Waals surface area contributed by atoms with Crippen molar-refractivity contribution >= 4 is 5.97 Å². The minimum Gasteiger partial charge on any atom is -0.481 e. The van der Waals surface area contributed by atoms with E-state index in [-0.39, 0.29) is 12.0 Å². The zero-order valence-corrected chi connectivity index (χ0v) is 12.7. The van der Waals surface area contributed by atoms with Gasteiger partial charge < -0.3 is 9.52 Å². The third-order valence-electron chi connectivity index (χ3n) is 4.54. The number of carboxylic acid groups (broad SMARTS) is 1. The summed E-state index contributed by atoms with van der Waals surface area (Å²) in [5.74, 6) is 0.0264. The molecule has 1 aromatic carbocycles. The first-order valence-corrected chi connectivity index (χ1v) is 7.72. The largest absolute Gasteiger partial charge is 0.481 e. The molecular weight excluding hydrogens is 278 g/mol.